The number of ether oxygens (including phenoxy) is 1. The molecule has 0 spiro atoms. The Morgan fingerprint density at radius 3 is 2.47 bits per heavy atom. The van der Waals surface area contributed by atoms with Crippen molar-refractivity contribution >= 4 is 27.5 Å². The first kappa shape index (κ1) is 21.8. The lowest BCUT2D eigenvalue weighted by Crippen LogP contribution is -2.49. The fourth-order valence-corrected chi connectivity index (χ4v) is 4.24. The second kappa shape index (κ2) is 9.27. The van der Waals surface area contributed by atoms with Gasteiger partial charge in [0.2, 0.25) is 10.0 Å². The van der Waals surface area contributed by atoms with Gasteiger partial charge in [0.05, 0.1) is 24.6 Å². The highest BCUT2D eigenvalue weighted by molar-refractivity contribution is 7.88. The Morgan fingerprint density at radius 1 is 1.10 bits per heavy atom. The van der Waals surface area contributed by atoms with Crippen LogP contribution in [0, 0.1) is 0 Å². The summed E-state index contributed by atoms with van der Waals surface area (Å²) >= 11 is 0. The van der Waals surface area contributed by atoms with Crippen LogP contribution in [0.1, 0.15) is 33.6 Å². The maximum Gasteiger partial charge on any atom is 0.256 e. The van der Waals surface area contributed by atoms with E-state index in [1.807, 2.05) is 0 Å². The van der Waals surface area contributed by atoms with Crippen molar-refractivity contribution in [3.63, 3.8) is 0 Å². The second-order valence-electron chi connectivity index (χ2n) is 7.21. The zero-order valence-corrected chi connectivity index (χ0v) is 17.7. The molecule has 1 unspecified atom stereocenters. The Morgan fingerprint density at radius 2 is 1.80 bits per heavy atom. The van der Waals surface area contributed by atoms with Crippen molar-refractivity contribution in [1.29, 1.82) is 0 Å². The molecule has 1 aliphatic rings. The fourth-order valence-electron chi connectivity index (χ4n) is 3.45. The molecule has 1 heterocycles. The minimum Gasteiger partial charge on any atom is -0.497 e. The van der Waals surface area contributed by atoms with Gasteiger partial charge < -0.3 is 15.0 Å². The molecule has 2 N–H and O–H groups in total. The molecule has 2 aromatic rings. The predicted molar refractivity (Wildman–Crippen MR) is 114 cm³/mol. The van der Waals surface area contributed by atoms with Gasteiger partial charge in [-0.05, 0) is 49.2 Å². The minimum atomic E-state index is -3.35. The first-order valence-electron chi connectivity index (χ1n) is 9.58. The number of piperidine rings is 1. The standard InChI is InChI=1S/C21H25N3O5S/c1-29-17-11-9-15(10-12-17)20(25)22-19-8-4-3-7-18(19)21(26)24-13-5-6-16(14-24)23-30(2,27)28/h3-4,7-12,16,23H,5-6,13-14H2,1-2H3,(H,22,25). The van der Waals surface area contributed by atoms with Gasteiger partial charge in [-0.3, -0.25) is 9.59 Å². The molecule has 30 heavy (non-hydrogen) atoms. The number of benzene rings is 2. The van der Waals surface area contributed by atoms with Crippen molar-refractivity contribution in [2.24, 2.45) is 0 Å². The summed E-state index contributed by atoms with van der Waals surface area (Å²) in [4.78, 5) is 27.3. The summed E-state index contributed by atoms with van der Waals surface area (Å²) in [5.74, 6) is 0.0540. The number of hydrogen-bond acceptors (Lipinski definition) is 5. The summed E-state index contributed by atoms with van der Waals surface area (Å²) in [5.41, 5.74) is 1.20. The average Bonchev–Trinajstić information content (AvgIpc) is 2.72. The molecule has 8 nitrogen and oxygen atoms in total. The highest BCUT2D eigenvalue weighted by Crippen LogP contribution is 2.21. The normalized spacial score (nSPS) is 16.7. The molecule has 0 aliphatic carbocycles. The van der Waals surface area contributed by atoms with Gasteiger partial charge in [0.1, 0.15) is 5.75 Å². The quantitative estimate of drug-likeness (QED) is 0.729. The van der Waals surface area contributed by atoms with Crippen molar-refractivity contribution in [1.82, 2.24) is 9.62 Å². The van der Waals surface area contributed by atoms with Gasteiger partial charge in [-0.25, -0.2) is 13.1 Å². The predicted octanol–water partition coefficient (Wildman–Crippen LogP) is 2.10. The maximum atomic E-state index is 13.1. The van der Waals surface area contributed by atoms with Gasteiger partial charge in [-0.1, -0.05) is 12.1 Å². The van der Waals surface area contributed by atoms with Crippen molar-refractivity contribution in [2.75, 3.05) is 31.8 Å². The summed E-state index contributed by atoms with van der Waals surface area (Å²) in [6.45, 7) is 0.814. The van der Waals surface area contributed by atoms with E-state index < -0.39 is 10.0 Å². The molecule has 3 rings (SSSR count). The number of hydrogen-bond donors (Lipinski definition) is 2. The Hall–Kier alpha value is -2.91. The van der Waals surface area contributed by atoms with Gasteiger partial charge in [-0.2, -0.15) is 0 Å². The SMILES string of the molecule is COc1ccc(C(=O)Nc2ccccc2C(=O)N2CCCC(NS(C)(=O)=O)C2)cc1. The summed E-state index contributed by atoms with van der Waals surface area (Å²) in [6.07, 6.45) is 2.48. The van der Waals surface area contributed by atoms with E-state index in [1.165, 1.54) is 0 Å². The highest BCUT2D eigenvalue weighted by atomic mass is 32.2. The monoisotopic (exact) mass is 431 g/mol. The third kappa shape index (κ3) is 5.58. The van der Waals surface area contributed by atoms with Crippen molar-refractivity contribution < 1.29 is 22.7 Å². The second-order valence-corrected chi connectivity index (χ2v) is 8.99. The lowest BCUT2D eigenvalue weighted by atomic mass is 10.0. The van der Waals surface area contributed by atoms with Crippen molar-refractivity contribution in [3.05, 3.63) is 59.7 Å². The Kier molecular flexibility index (Phi) is 6.73. The number of rotatable bonds is 6. The summed E-state index contributed by atoms with van der Waals surface area (Å²) in [5, 5.41) is 2.79. The van der Waals surface area contributed by atoms with E-state index in [0.717, 1.165) is 6.26 Å². The van der Waals surface area contributed by atoms with E-state index >= 15 is 0 Å². The van der Waals surface area contributed by atoms with Crippen LogP contribution in [-0.2, 0) is 10.0 Å². The molecular weight excluding hydrogens is 406 g/mol. The number of methoxy groups -OCH3 is 1. The van der Waals surface area contributed by atoms with E-state index in [9.17, 15) is 18.0 Å². The molecule has 0 aromatic heterocycles. The van der Waals surface area contributed by atoms with Crippen molar-refractivity contribution in [2.45, 2.75) is 18.9 Å². The van der Waals surface area contributed by atoms with Crippen molar-refractivity contribution in [3.8, 4) is 5.75 Å². The number of para-hydroxylation sites is 1. The van der Waals surface area contributed by atoms with Crippen LogP contribution >= 0.6 is 0 Å². The third-order valence-corrected chi connectivity index (χ3v) is 5.61. The van der Waals surface area contributed by atoms with Gasteiger partial charge in [-0.15, -0.1) is 0 Å². The van der Waals surface area contributed by atoms with E-state index in [4.69, 9.17) is 4.74 Å². The lowest BCUT2D eigenvalue weighted by molar-refractivity contribution is 0.0704. The van der Waals surface area contributed by atoms with Gasteiger partial charge in [0.15, 0.2) is 0 Å². The van der Waals surface area contributed by atoms with E-state index in [-0.39, 0.29) is 24.4 Å². The molecule has 1 saturated heterocycles. The molecule has 160 valence electrons. The minimum absolute atomic E-state index is 0.249. The Bertz CT molecular complexity index is 1020. The Balaban J connectivity index is 1.75. The maximum absolute atomic E-state index is 13.1. The van der Waals surface area contributed by atoms with Gasteiger partial charge >= 0.3 is 0 Å². The lowest BCUT2D eigenvalue weighted by Gasteiger charge is -2.33. The molecule has 0 bridgehead atoms. The number of anilines is 1. The molecule has 9 heteroatoms. The van der Waals surface area contributed by atoms with Crippen LogP contribution in [0.5, 0.6) is 5.75 Å². The summed E-state index contributed by atoms with van der Waals surface area (Å²) in [6, 6.07) is 13.1. The number of carbonyl (C=O) groups is 2. The Labute approximate surface area is 176 Å². The third-order valence-electron chi connectivity index (χ3n) is 4.85. The van der Waals surface area contributed by atoms with Crippen LogP contribution in [0.25, 0.3) is 0 Å². The fraction of sp³-hybridized carbons (Fsp3) is 0.333. The highest BCUT2D eigenvalue weighted by Gasteiger charge is 2.27. The molecule has 1 aliphatic heterocycles. The number of amides is 2. The topological polar surface area (TPSA) is 105 Å². The summed E-state index contributed by atoms with van der Waals surface area (Å²) in [7, 11) is -1.80. The first-order valence-corrected chi connectivity index (χ1v) is 11.5. The molecule has 1 fully saturated rings. The number of likely N-dealkylation sites (tertiary alicyclic amines) is 1. The van der Waals surface area contributed by atoms with Crippen LogP contribution in [0.4, 0.5) is 5.69 Å². The number of carbonyl (C=O) groups excluding carboxylic acids is 2. The van der Waals surface area contributed by atoms with E-state index in [1.54, 1.807) is 60.5 Å². The van der Waals surface area contributed by atoms with Crippen LogP contribution in [0.3, 0.4) is 0 Å². The first-order chi connectivity index (χ1) is 14.3. The largest absolute Gasteiger partial charge is 0.497 e. The van der Waals surface area contributed by atoms with Gasteiger partial charge in [0.25, 0.3) is 11.8 Å². The zero-order valence-electron chi connectivity index (χ0n) is 16.9. The molecular formula is C21H25N3O5S. The van der Waals surface area contributed by atoms with E-state index in [2.05, 4.69) is 10.0 Å². The van der Waals surface area contributed by atoms with Crippen LogP contribution in [0.15, 0.2) is 48.5 Å². The van der Waals surface area contributed by atoms with Crippen LogP contribution in [0.2, 0.25) is 0 Å². The molecule has 2 amide bonds. The smallest absolute Gasteiger partial charge is 0.256 e. The summed E-state index contributed by atoms with van der Waals surface area (Å²) < 4.78 is 30.7. The number of nitrogens with one attached hydrogen (secondary N) is 2. The molecule has 2 aromatic carbocycles. The molecule has 0 saturated carbocycles. The zero-order chi connectivity index (χ0) is 21.7. The average molecular weight is 432 g/mol. The van der Waals surface area contributed by atoms with Crippen LogP contribution in [-0.4, -0.2) is 57.6 Å². The van der Waals surface area contributed by atoms with Crippen LogP contribution < -0.4 is 14.8 Å². The number of nitrogens with zero attached hydrogens (tertiary/aromatic N) is 1. The number of sulfonamides is 1. The molecule has 0 radical (unpaired) electrons. The molecule has 1 atom stereocenters. The van der Waals surface area contributed by atoms with Gasteiger partial charge in [0, 0.05) is 24.7 Å². The van der Waals surface area contributed by atoms with E-state index in [0.29, 0.717) is 42.0 Å².